The molecule has 0 aromatic heterocycles. The Balaban J connectivity index is 2.46. The van der Waals surface area contributed by atoms with Crippen molar-refractivity contribution in [2.45, 2.75) is 39.3 Å². The molecule has 1 saturated heterocycles. The molecule has 2 heteroatoms. The Morgan fingerprint density at radius 1 is 1.45 bits per heavy atom. The standard InChI is InChI=1S/C9H19NS/c1-7(2)8-5-11-6-9(3,4)10-8/h7-8,10H,5-6H2,1-4H3. The third kappa shape index (κ3) is 2.68. The average molecular weight is 173 g/mol. The second-order valence-electron chi connectivity index (χ2n) is 4.39. The van der Waals surface area contributed by atoms with Crippen LogP contribution in [0.25, 0.3) is 0 Å². The molecule has 0 aliphatic carbocycles. The third-order valence-electron chi connectivity index (χ3n) is 2.14. The van der Waals surface area contributed by atoms with Crippen molar-refractivity contribution >= 4 is 11.8 Å². The third-order valence-corrected chi connectivity index (χ3v) is 3.66. The number of nitrogens with one attached hydrogen (secondary N) is 1. The first kappa shape index (κ1) is 9.40. The minimum absolute atomic E-state index is 0.345. The highest BCUT2D eigenvalue weighted by Gasteiger charge is 2.28. The van der Waals surface area contributed by atoms with Crippen LogP contribution in [0.4, 0.5) is 0 Å². The first-order valence-electron chi connectivity index (χ1n) is 4.37. The average Bonchev–Trinajstić information content (AvgIpc) is 1.85. The van der Waals surface area contributed by atoms with Gasteiger partial charge < -0.3 is 5.32 Å². The van der Waals surface area contributed by atoms with Gasteiger partial charge in [-0.05, 0) is 19.8 Å². The molecule has 0 aromatic rings. The topological polar surface area (TPSA) is 12.0 Å². The SMILES string of the molecule is CC(C)C1CSCC(C)(C)N1. The minimum Gasteiger partial charge on any atom is -0.307 e. The maximum absolute atomic E-state index is 3.67. The molecule has 1 nitrogen and oxygen atoms in total. The van der Waals surface area contributed by atoms with Crippen molar-refractivity contribution in [2.75, 3.05) is 11.5 Å². The van der Waals surface area contributed by atoms with Crippen LogP contribution in [0.2, 0.25) is 0 Å². The van der Waals surface area contributed by atoms with E-state index >= 15 is 0 Å². The first-order valence-corrected chi connectivity index (χ1v) is 5.52. The van der Waals surface area contributed by atoms with Crippen molar-refractivity contribution in [3.63, 3.8) is 0 Å². The highest BCUT2D eigenvalue weighted by Crippen LogP contribution is 2.23. The summed E-state index contributed by atoms with van der Waals surface area (Å²) in [4.78, 5) is 0. The van der Waals surface area contributed by atoms with E-state index in [1.807, 2.05) is 0 Å². The van der Waals surface area contributed by atoms with Gasteiger partial charge in [0.2, 0.25) is 0 Å². The molecular weight excluding hydrogens is 154 g/mol. The van der Waals surface area contributed by atoms with Crippen LogP contribution >= 0.6 is 11.8 Å². The van der Waals surface area contributed by atoms with Gasteiger partial charge in [-0.15, -0.1) is 0 Å². The Morgan fingerprint density at radius 3 is 2.45 bits per heavy atom. The minimum atomic E-state index is 0.345. The molecule has 1 atom stereocenters. The molecule has 11 heavy (non-hydrogen) atoms. The Morgan fingerprint density at radius 2 is 2.09 bits per heavy atom. The highest BCUT2D eigenvalue weighted by atomic mass is 32.2. The molecule has 0 aromatic carbocycles. The molecule has 1 heterocycles. The van der Waals surface area contributed by atoms with Crippen LogP contribution in [0.15, 0.2) is 0 Å². The molecule has 0 radical (unpaired) electrons. The van der Waals surface area contributed by atoms with E-state index in [9.17, 15) is 0 Å². The van der Waals surface area contributed by atoms with Crippen molar-refractivity contribution in [3.05, 3.63) is 0 Å². The van der Waals surface area contributed by atoms with E-state index in [1.165, 1.54) is 11.5 Å². The van der Waals surface area contributed by atoms with E-state index in [-0.39, 0.29) is 0 Å². The van der Waals surface area contributed by atoms with Crippen LogP contribution in [0.1, 0.15) is 27.7 Å². The summed E-state index contributed by atoms with van der Waals surface area (Å²) in [7, 11) is 0. The summed E-state index contributed by atoms with van der Waals surface area (Å²) in [6.07, 6.45) is 0. The lowest BCUT2D eigenvalue weighted by atomic mass is 10.0. The predicted molar refractivity (Wildman–Crippen MR) is 53.2 cm³/mol. The summed E-state index contributed by atoms with van der Waals surface area (Å²) in [6, 6.07) is 0.712. The molecule has 0 amide bonds. The van der Waals surface area contributed by atoms with Crippen LogP contribution < -0.4 is 5.32 Å². The summed E-state index contributed by atoms with van der Waals surface area (Å²) in [6.45, 7) is 9.16. The Bertz CT molecular complexity index is 132. The summed E-state index contributed by atoms with van der Waals surface area (Å²) in [5.41, 5.74) is 0.345. The lowest BCUT2D eigenvalue weighted by molar-refractivity contribution is 0.318. The summed E-state index contributed by atoms with van der Waals surface area (Å²) in [5.74, 6) is 3.29. The van der Waals surface area contributed by atoms with Crippen molar-refractivity contribution < 1.29 is 0 Å². The van der Waals surface area contributed by atoms with Gasteiger partial charge in [0.15, 0.2) is 0 Å². The zero-order valence-corrected chi connectivity index (χ0v) is 8.79. The fraction of sp³-hybridized carbons (Fsp3) is 1.00. The van der Waals surface area contributed by atoms with Gasteiger partial charge in [-0.2, -0.15) is 11.8 Å². The molecule has 0 saturated carbocycles. The van der Waals surface area contributed by atoms with E-state index in [4.69, 9.17) is 0 Å². The van der Waals surface area contributed by atoms with Gasteiger partial charge in [-0.1, -0.05) is 13.8 Å². The summed E-state index contributed by atoms with van der Waals surface area (Å²) >= 11 is 2.08. The van der Waals surface area contributed by atoms with Gasteiger partial charge in [0.05, 0.1) is 0 Å². The zero-order chi connectivity index (χ0) is 8.48. The molecule has 1 unspecified atom stereocenters. The second-order valence-corrected chi connectivity index (χ2v) is 5.42. The van der Waals surface area contributed by atoms with Gasteiger partial charge in [0.1, 0.15) is 0 Å². The lowest BCUT2D eigenvalue weighted by Gasteiger charge is -2.38. The maximum Gasteiger partial charge on any atom is 0.0218 e. The monoisotopic (exact) mass is 173 g/mol. The summed E-state index contributed by atoms with van der Waals surface area (Å²) < 4.78 is 0. The molecule has 1 fully saturated rings. The second kappa shape index (κ2) is 3.36. The van der Waals surface area contributed by atoms with E-state index < -0.39 is 0 Å². The van der Waals surface area contributed by atoms with E-state index in [1.54, 1.807) is 0 Å². The van der Waals surface area contributed by atoms with Crippen molar-refractivity contribution in [2.24, 2.45) is 5.92 Å². The molecule has 1 N–H and O–H groups in total. The van der Waals surface area contributed by atoms with Crippen molar-refractivity contribution in [1.82, 2.24) is 5.32 Å². The molecule has 1 rings (SSSR count). The molecule has 1 aliphatic rings. The highest BCUT2D eigenvalue weighted by molar-refractivity contribution is 7.99. The lowest BCUT2D eigenvalue weighted by Crippen LogP contribution is -2.54. The Labute approximate surface area is 74.3 Å². The van der Waals surface area contributed by atoms with Crippen LogP contribution in [0, 0.1) is 5.92 Å². The Hall–Kier alpha value is 0.310. The number of rotatable bonds is 1. The number of hydrogen-bond acceptors (Lipinski definition) is 2. The zero-order valence-electron chi connectivity index (χ0n) is 7.98. The fourth-order valence-corrected chi connectivity index (χ4v) is 2.82. The number of hydrogen-bond donors (Lipinski definition) is 1. The smallest absolute Gasteiger partial charge is 0.0218 e. The van der Waals surface area contributed by atoms with Crippen LogP contribution in [0.5, 0.6) is 0 Å². The van der Waals surface area contributed by atoms with E-state index in [2.05, 4.69) is 44.8 Å². The quantitative estimate of drug-likeness (QED) is 0.652. The fourth-order valence-electron chi connectivity index (χ4n) is 1.39. The van der Waals surface area contributed by atoms with Crippen LogP contribution in [-0.2, 0) is 0 Å². The predicted octanol–water partition coefficient (Wildman–Crippen LogP) is 2.13. The maximum atomic E-state index is 3.67. The van der Waals surface area contributed by atoms with Gasteiger partial charge >= 0.3 is 0 Å². The molecule has 1 aliphatic heterocycles. The summed E-state index contributed by atoms with van der Waals surface area (Å²) in [5, 5.41) is 3.67. The van der Waals surface area contributed by atoms with Gasteiger partial charge in [0.25, 0.3) is 0 Å². The molecular formula is C9H19NS. The van der Waals surface area contributed by atoms with Crippen molar-refractivity contribution in [1.29, 1.82) is 0 Å². The Kier molecular flexibility index (Phi) is 2.87. The van der Waals surface area contributed by atoms with Crippen LogP contribution in [-0.4, -0.2) is 23.1 Å². The van der Waals surface area contributed by atoms with Crippen molar-refractivity contribution in [3.8, 4) is 0 Å². The van der Waals surface area contributed by atoms with Gasteiger partial charge in [-0.3, -0.25) is 0 Å². The van der Waals surface area contributed by atoms with E-state index in [0.717, 1.165) is 5.92 Å². The number of thioether (sulfide) groups is 1. The van der Waals surface area contributed by atoms with E-state index in [0.29, 0.717) is 11.6 Å². The van der Waals surface area contributed by atoms with Gasteiger partial charge in [0, 0.05) is 23.1 Å². The molecule has 66 valence electrons. The van der Waals surface area contributed by atoms with Crippen LogP contribution in [0.3, 0.4) is 0 Å². The molecule has 0 bridgehead atoms. The molecule has 0 spiro atoms. The van der Waals surface area contributed by atoms with Gasteiger partial charge in [-0.25, -0.2) is 0 Å². The normalized spacial score (nSPS) is 30.8. The largest absolute Gasteiger partial charge is 0.307 e. The first-order chi connectivity index (χ1) is 5.01.